The van der Waals surface area contributed by atoms with E-state index in [1.807, 2.05) is 0 Å². The Bertz CT molecular complexity index is 921. The van der Waals surface area contributed by atoms with E-state index in [0.717, 1.165) is 5.39 Å². The summed E-state index contributed by atoms with van der Waals surface area (Å²) in [5.41, 5.74) is -0.265. The maximum Gasteiger partial charge on any atom is 0.328 e. The molecule has 3 rings (SSSR count). The monoisotopic (exact) mass is 287 g/mol. The molecule has 0 aliphatic carbocycles. The van der Waals surface area contributed by atoms with E-state index in [-0.39, 0.29) is 6.54 Å². The van der Waals surface area contributed by atoms with Crippen molar-refractivity contribution >= 4 is 16.9 Å². The van der Waals surface area contributed by atoms with Crippen LogP contribution in [0.2, 0.25) is 0 Å². The first-order valence-electron chi connectivity index (χ1n) is 6.24. The molecular weight excluding hydrogens is 274 g/mol. The molecule has 0 aliphatic rings. The van der Waals surface area contributed by atoms with Crippen LogP contribution in [0.4, 0.5) is 5.82 Å². The lowest BCUT2D eigenvalue weighted by Gasteiger charge is -2.07. The summed E-state index contributed by atoms with van der Waals surface area (Å²) >= 11 is 0. The Balaban J connectivity index is 2.10. The number of nitrogens with one attached hydrogen (secondary N) is 2. The van der Waals surface area contributed by atoms with Crippen molar-refractivity contribution in [3.05, 3.63) is 45.1 Å². The second-order valence-electron chi connectivity index (χ2n) is 4.48. The normalized spacial score (nSPS) is 11.0. The Hall–Kier alpha value is -2.97. The van der Waals surface area contributed by atoms with Crippen molar-refractivity contribution in [2.24, 2.45) is 7.05 Å². The molecule has 9 nitrogen and oxygen atoms in total. The number of aryl methyl sites for hydroxylation is 1. The fourth-order valence-electron chi connectivity index (χ4n) is 2.05. The van der Waals surface area contributed by atoms with Crippen LogP contribution >= 0.6 is 0 Å². The summed E-state index contributed by atoms with van der Waals surface area (Å²) in [7, 11) is 3.54. The maximum atomic E-state index is 11.7. The fraction of sp³-hybridized carbons (Fsp3) is 0.250. The summed E-state index contributed by atoms with van der Waals surface area (Å²) in [6.45, 7) is 0.158. The number of aromatic amines is 1. The van der Waals surface area contributed by atoms with Gasteiger partial charge in [0.05, 0.1) is 18.1 Å². The highest BCUT2D eigenvalue weighted by molar-refractivity contribution is 5.86. The van der Waals surface area contributed by atoms with Gasteiger partial charge in [0.25, 0.3) is 5.56 Å². The first kappa shape index (κ1) is 13.0. The van der Waals surface area contributed by atoms with Gasteiger partial charge in [0.15, 0.2) is 11.5 Å². The van der Waals surface area contributed by atoms with E-state index in [9.17, 15) is 9.59 Å². The lowest BCUT2D eigenvalue weighted by Crippen LogP contribution is -2.29. The van der Waals surface area contributed by atoms with Crippen molar-refractivity contribution in [1.29, 1.82) is 0 Å². The quantitative estimate of drug-likeness (QED) is 0.659. The summed E-state index contributed by atoms with van der Waals surface area (Å²) in [6.07, 6.45) is 3.09. The zero-order chi connectivity index (χ0) is 15.0. The van der Waals surface area contributed by atoms with Gasteiger partial charge >= 0.3 is 5.69 Å². The summed E-state index contributed by atoms with van der Waals surface area (Å²) in [4.78, 5) is 33.7. The zero-order valence-corrected chi connectivity index (χ0v) is 11.5. The lowest BCUT2D eigenvalue weighted by atomic mass is 10.3. The minimum Gasteiger partial charge on any atom is -0.372 e. The van der Waals surface area contributed by atoms with Crippen molar-refractivity contribution in [1.82, 2.24) is 29.3 Å². The molecule has 0 fully saturated rings. The minimum absolute atomic E-state index is 0.158. The van der Waals surface area contributed by atoms with E-state index < -0.39 is 11.2 Å². The summed E-state index contributed by atoms with van der Waals surface area (Å²) in [6, 6.07) is 1.28. The van der Waals surface area contributed by atoms with Crippen LogP contribution in [0.5, 0.6) is 0 Å². The third-order valence-corrected chi connectivity index (χ3v) is 3.08. The van der Waals surface area contributed by atoms with Crippen LogP contribution in [0.3, 0.4) is 0 Å². The molecule has 108 valence electrons. The number of anilines is 1. The number of aromatic nitrogens is 6. The molecular formula is C12H13N7O2. The first-order valence-corrected chi connectivity index (χ1v) is 6.24. The van der Waals surface area contributed by atoms with Crippen molar-refractivity contribution < 1.29 is 0 Å². The Labute approximate surface area is 118 Å². The van der Waals surface area contributed by atoms with Gasteiger partial charge in [-0.2, -0.15) is 5.10 Å². The van der Waals surface area contributed by atoms with E-state index in [4.69, 9.17) is 0 Å². The van der Waals surface area contributed by atoms with E-state index in [2.05, 4.69) is 25.4 Å². The number of hydrogen-bond donors (Lipinski definition) is 2. The molecule has 3 aromatic rings. The molecule has 0 unspecified atom stereocenters. The third-order valence-electron chi connectivity index (χ3n) is 3.08. The molecule has 3 aromatic heterocycles. The number of H-pyrrole nitrogens is 1. The van der Waals surface area contributed by atoms with E-state index >= 15 is 0 Å². The van der Waals surface area contributed by atoms with Gasteiger partial charge in [-0.15, -0.1) is 0 Å². The van der Waals surface area contributed by atoms with Crippen LogP contribution in [-0.4, -0.2) is 36.3 Å². The van der Waals surface area contributed by atoms with Crippen molar-refractivity contribution in [3.8, 4) is 0 Å². The molecule has 2 N–H and O–H groups in total. The minimum atomic E-state index is -0.498. The highest BCUT2D eigenvalue weighted by Gasteiger charge is 2.11. The summed E-state index contributed by atoms with van der Waals surface area (Å²) in [5, 5.41) is 7.93. The number of fused-ring (bicyclic) bond motifs is 1. The first-order chi connectivity index (χ1) is 10.1. The highest BCUT2D eigenvalue weighted by Crippen LogP contribution is 2.18. The second-order valence-corrected chi connectivity index (χ2v) is 4.48. The fourth-order valence-corrected chi connectivity index (χ4v) is 2.05. The van der Waals surface area contributed by atoms with Crippen molar-refractivity contribution in [2.75, 3.05) is 12.4 Å². The SMILES string of the molecule is CNc1nc(Cn2ccc(=O)[nH]c2=O)nc2c1cnn2C. The lowest BCUT2D eigenvalue weighted by molar-refractivity contribution is 0.685. The van der Waals surface area contributed by atoms with Gasteiger partial charge in [0, 0.05) is 26.4 Å². The average Bonchev–Trinajstić information content (AvgIpc) is 2.83. The maximum absolute atomic E-state index is 11.7. The average molecular weight is 287 g/mol. The van der Waals surface area contributed by atoms with Gasteiger partial charge in [0.1, 0.15) is 5.82 Å². The standard InChI is InChI=1S/C12H13N7O2/c1-13-10-7-5-14-18(2)11(7)16-8(15-10)6-19-4-3-9(20)17-12(19)21/h3-5H,6H2,1-2H3,(H,13,15,16)(H,17,20,21). The van der Waals surface area contributed by atoms with E-state index in [1.165, 1.54) is 16.8 Å². The number of hydrogen-bond acceptors (Lipinski definition) is 6. The van der Waals surface area contributed by atoms with Gasteiger partial charge in [-0.1, -0.05) is 0 Å². The molecule has 0 amide bonds. The van der Waals surface area contributed by atoms with Gasteiger partial charge < -0.3 is 5.32 Å². The molecule has 0 aromatic carbocycles. The zero-order valence-electron chi connectivity index (χ0n) is 11.5. The Morgan fingerprint density at radius 3 is 2.86 bits per heavy atom. The van der Waals surface area contributed by atoms with Crippen LogP contribution in [0, 0.1) is 0 Å². The number of nitrogens with zero attached hydrogens (tertiary/aromatic N) is 5. The predicted molar refractivity (Wildman–Crippen MR) is 76.3 cm³/mol. The molecule has 21 heavy (non-hydrogen) atoms. The van der Waals surface area contributed by atoms with E-state index in [1.54, 1.807) is 25.0 Å². The summed E-state index contributed by atoms with van der Waals surface area (Å²) < 4.78 is 2.97. The Morgan fingerprint density at radius 1 is 1.33 bits per heavy atom. The van der Waals surface area contributed by atoms with Crippen LogP contribution in [0.1, 0.15) is 5.82 Å². The van der Waals surface area contributed by atoms with Crippen LogP contribution in [-0.2, 0) is 13.6 Å². The van der Waals surface area contributed by atoms with Gasteiger partial charge in [0.2, 0.25) is 0 Å². The Morgan fingerprint density at radius 2 is 2.14 bits per heavy atom. The van der Waals surface area contributed by atoms with Crippen molar-refractivity contribution in [3.63, 3.8) is 0 Å². The second kappa shape index (κ2) is 4.85. The van der Waals surface area contributed by atoms with Gasteiger partial charge in [-0.3, -0.25) is 19.0 Å². The highest BCUT2D eigenvalue weighted by atomic mass is 16.2. The molecule has 9 heteroatoms. The molecule has 0 aliphatic heterocycles. The molecule has 0 radical (unpaired) electrons. The van der Waals surface area contributed by atoms with Crippen LogP contribution in [0.15, 0.2) is 28.0 Å². The molecule has 0 spiro atoms. The summed E-state index contributed by atoms with van der Waals surface area (Å²) in [5.74, 6) is 1.09. The van der Waals surface area contributed by atoms with E-state index in [0.29, 0.717) is 17.3 Å². The molecule has 0 saturated carbocycles. The predicted octanol–water partition coefficient (Wildman–Crippen LogP) is -0.697. The smallest absolute Gasteiger partial charge is 0.328 e. The largest absolute Gasteiger partial charge is 0.372 e. The van der Waals surface area contributed by atoms with Crippen LogP contribution in [0.25, 0.3) is 11.0 Å². The van der Waals surface area contributed by atoms with Gasteiger partial charge in [-0.05, 0) is 0 Å². The molecule has 3 heterocycles. The van der Waals surface area contributed by atoms with Gasteiger partial charge in [-0.25, -0.2) is 14.8 Å². The van der Waals surface area contributed by atoms with Crippen LogP contribution < -0.4 is 16.6 Å². The number of rotatable bonds is 3. The molecule has 0 atom stereocenters. The third kappa shape index (κ3) is 2.29. The molecule has 0 saturated heterocycles. The Kier molecular flexibility index (Phi) is 3.01. The topological polar surface area (TPSA) is 110 Å². The van der Waals surface area contributed by atoms with Crippen molar-refractivity contribution in [2.45, 2.75) is 6.54 Å². The molecule has 0 bridgehead atoms.